The van der Waals surface area contributed by atoms with E-state index in [1.807, 2.05) is 48.5 Å². The van der Waals surface area contributed by atoms with Crippen LogP contribution in [0.25, 0.3) is 11.4 Å². The van der Waals surface area contributed by atoms with Crippen LogP contribution in [0, 0.1) is 0 Å². The van der Waals surface area contributed by atoms with E-state index >= 15 is 0 Å². The fraction of sp³-hybridized carbons (Fsp3) is 0.320. The molecule has 1 saturated heterocycles. The molecule has 0 bridgehead atoms. The van der Waals surface area contributed by atoms with Crippen LogP contribution in [0.15, 0.2) is 54.7 Å². The molecule has 2 aliphatic heterocycles. The SMILES string of the molecule is CN1CCC[C@H]1CCNC(=O)c1cnc(-c2ccc3c(c2)OCO3)nc1Nc1ccccc1. The zero-order valence-corrected chi connectivity index (χ0v) is 18.6. The molecule has 2 N–H and O–H groups in total. The molecule has 5 rings (SSSR count). The van der Waals surface area contributed by atoms with Crippen molar-refractivity contribution in [3.8, 4) is 22.9 Å². The van der Waals surface area contributed by atoms with Gasteiger partial charge in [-0.15, -0.1) is 0 Å². The molecular formula is C25H27N5O3. The molecule has 1 atom stereocenters. The minimum Gasteiger partial charge on any atom is -0.454 e. The highest BCUT2D eigenvalue weighted by Gasteiger charge is 2.22. The van der Waals surface area contributed by atoms with Crippen LogP contribution in [0.1, 0.15) is 29.6 Å². The Labute approximate surface area is 193 Å². The highest BCUT2D eigenvalue weighted by Crippen LogP contribution is 2.35. The lowest BCUT2D eigenvalue weighted by Crippen LogP contribution is -2.32. The summed E-state index contributed by atoms with van der Waals surface area (Å²) in [5.74, 6) is 2.12. The van der Waals surface area contributed by atoms with Crippen LogP contribution in [0.2, 0.25) is 0 Å². The number of ether oxygens (including phenoxy) is 2. The maximum Gasteiger partial charge on any atom is 0.256 e. The lowest BCUT2D eigenvalue weighted by molar-refractivity contribution is 0.0950. The maximum absolute atomic E-state index is 13.0. The Kier molecular flexibility index (Phi) is 6.08. The summed E-state index contributed by atoms with van der Waals surface area (Å²) >= 11 is 0. The molecule has 2 aliphatic rings. The first-order valence-corrected chi connectivity index (χ1v) is 11.2. The summed E-state index contributed by atoms with van der Waals surface area (Å²) in [5, 5.41) is 6.32. The van der Waals surface area contributed by atoms with Gasteiger partial charge in [0.25, 0.3) is 5.91 Å². The summed E-state index contributed by atoms with van der Waals surface area (Å²) in [6.45, 7) is 1.94. The molecule has 8 heteroatoms. The highest BCUT2D eigenvalue weighted by molar-refractivity contribution is 5.99. The quantitative estimate of drug-likeness (QED) is 0.571. The number of para-hydroxylation sites is 1. The number of nitrogens with zero attached hydrogens (tertiary/aromatic N) is 3. The third-order valence-electron chi connectivity index (χ3n) is 6.14. The van der Waals surface area contributed by atoms with Gasteiger partial charge in [0.2, 0.25) is 6.79 Å². The largest absolute Gasteiger partial charge is 0.454 e. The molecule has 0 spiro atoms. The zero-order chi connectivity index (χ0) is 22.6. The second-order valence-electron chi connectivity index (χ2n) is 8.34. The molecular weight excluding hydrogens is 418 g/mol. The number of hydrogen-bond acceptors (Lipinski definition) is 7. The van der Waals surface area contributed by atoms with E-state index < -0.39 is 0 Å². The van der Waals surface area contributed by atoms with Crippen LogP contribution < -0.4 is 20.1 Å². The molecule has 170 valence electrons. The number of fused-ring (bicyclic) bond motifs is 1. The summed E-state index contributed by atoms with van der Waals surface area (Å²) < 4.78 is 10.9. The summed E-state index contributed by atoms with van der Waals surface area (Å²) in [6, 6.07) is 15.8. The van der Waals surface area contributed by atoms with Crippen molar-refractivity contribution in [2.75, 3.05) is 32.2 Å². The number of nitrogens with one attached hydrogen (secondary N) is 2. The van der Waals surface area contributed by atoms with Crippen molar-refractivity contribution in [1.29, 1.82) is 0 Å². The molecule has 0 saturated carbocycles. The van der Waals surface area contributed by atoms with E-state index in [-0.39, 0.29) is 12.7 Å². The smallest absolute Gasteiger partial charge is 0.256 e. The molecule has 0 unspecified atom stereocenters. The van der Waals surface area contributed by atoms with Gasteiger partial charge in [-0.25, -0.2) is 9.97 Å². The number of amides is 1. The van der Waals surface area contributed by atoms with Gasteiger partial charge in [0.05, 0.1) is 0 Å². The number of likely N-dealkylation sites (tertiary alicyclic amines) is 1. The van der Waals surface area contributed by atoms with Crippen molar-refractivity contribution in [1.82, 2.24) is 20.2 Å². The second kappa shape index (κ2) is 9.46. The number of carbonyl (C=O) groups is 1. The van der Waals surface area contributed by atoms with Gasteiger partial charge in [0.1, 0.15) is 11.4 Å². The zero-order valence-electron chi connectivity index (χ0n) is 18.6. The third kappa shape index (κ3) is 4.75. The third-order valence-corrected chi connectivity index (χ3v) is 6.14. The van der Waals surface area contributed by atoms with Gasteiger partial charge >= 0.3 is 0 Å². The molecule has 1 aromatic heterocycles. The summed E-state index contributed by atoms with van der Waals surface area (Å²) in [7, 11) is 2.14. The standard InChI is InChI=1S/C25H27N5O3/c1-30-13-5-8-19(30)11-12-26-25(31)20-15-27-23(17-9-10-21-22(14-17)33-16-32-21)29-24(20)28-18-6-3-2-4-7-18/h2-4,6-7,9-10,14-15,19H,5,8,11-13,16H2,1H3,(H,26,31)(H,27,28,29)/t19-/m0/s1. The maximum atomic E-state index is 13.0. The molecule has 8 nitrogen and oxygen atoms in total. The number of rotatable bonds is 7. The molecule has 0 aliphatic carbocycles. The van der Waals surface area contributed by atoms with Crippen molar-refractivity contribution in [2.24, 2.45) is 0 Å². The van der Waals surface area contributed by atoms with Crippen molar-refractivity contribution in [2.45, 2.75) is 25.3 Å². The summed E-state index contributed by atoms with van der Waals surface area (Å²) in [5.41, 5.74) is 2.03. The second-order valence-corrected chi connectivity index (χ2v) is 8.34. The van der Waals surface area contributed by atoms with Gasteiger partial charge in [0.15, 0.2) is 17.3 Å². The van der Waals surface area contributed by atoms with Crippen LogP contribution in [0.4, 0.5) is 11.5 Å². The van der Waals surface area contributed by atoms with Gasteiger partial charge < -0.3 is 25.0 Å². The van der Waals surface area contributed by atoms with Crippen molar-refractivity contribution in [3.63, 3.8) is 0 Å². The topological polar surface area (TPSA) is 88.6 Å². The minimum atomic E-state index is -0.189. The van der Waals surface area contributed by atoms with E-state index in [0.717, 1.165) is 24.2 Å². The summed E-state index contributed by atoms with van der Waals surface area (Å²) in [4.78, 5) is 24.6. The van der Waals surface area contributed by atoms with E-state index in [4.69, 9.17) is 14.5 Å². The van der Waals surface area contributed by atoms with Crippen LogP contribution in [-0.2, 0) is 0 Å². The molecule has 2 aromatic carbocycles. The Balaban J connectivity index is 1.38. The minimum absolute atomic E-state index is 0.189. The Morgan fingerprint density at radius 1 is 1.15 bits per heavy atom. The van der Waals surface area contributed by atoms with E-state index in [1.165, 1.54) is 12.8 Å². The number of anilines is 2. The summed E-state index contributed by atoms with van der Waals surface area (Å²) in [6.07, 6.45) is 4.91. The molecule has 33 heavy (non-hydrogen) atoms. The fourth-order valence-electron chi connectivity index (χ4n) is 4.27. The molecule has 1 amide bonds. The number of benzene rings is 2. The van der Waals surface area contributed by atoms with E-state index in [2.05, 4.69) is 27.6 Å². The van der Waals surface area contributed by atoms with Gasteiger partial charge in [-0.05, 0) is 63.2 Å². The first kappa shape index (κ1) is 21.2. The van der Waals surface area contributed by atoms with Crippen LogP contribution in [-0.4, -0.2) is 53.7 Å². The van der Waals surface area contributed by atoms with Gasteiger partial charge in [-0.3, -0.25) is 4.79 Å². The van der Waals surface area contributed by atoms with Gasteiger partial charge in [0, 0.05) is 30.0 Å². The monoisotopic (exact) mass is 445 g/mol. The number of carbonyl (C=O) groups excluding carboxylic acids is 1. The first-order valence-electron chi connectivity index (χ1n) is 11.2. The van der Waals surface area contributed by atoms with Crippen molar-refractivity contribution >= 4 is 17.4 Å². The lowest BCUT2D eigenvalue weighted by Gasteiger charge is -2.19. The lowest BCUT2D eigenvalue weighted by atomic mass is 10.1. The van der Waals surface area contributed by atoms with Gasteiger partial charge in [-0.2, -0.15) is 0 Å². The molecule has 3 heterocycles. The fourth-order valence-corrected chi connectivity index (χ4v) is 4.27. The average Bonchev–Trinajstić information content (AvgIpc) is 3.48. The Bertz CT molecular complexity index is 1140. The van der Waals surface area contributed by atoms with E-state index in [9.17, 15) is 4.79 Å². The van der Waals surface area contributed by atoms with E-state index in [0.29, 0.717) is 41.3 Å². The predicted octanol–water partition coefficient (Wildman–Crippen LogP) is 3.83. The van der Waals surface area contributed by atoms with Crippen molar-refractivity contribution in [3.05, 3.63) is 60.3 Å². The van der Waals surface area contributed by atoms with Crippen LogP contribution in [0.5, 0.6) is 11.5 Å². The number of hydrogen-bond donors (Lipinski definition) is 2. The van der Waals surface area contributed by atoms with Crippen LogP contribution >= 0.6 is 0 Å². The first-order chi connectivity index (χ1) is 16.2. The number of aromatic nitrogens is 2. The molecule has 1 fully saturated rings. The van der Waals surface area contributed by atoms with E-state index in [1.54, 1.807) is 6.20 Å². The average molecular weight is 446 g/mol. The highest BCUT2D eigenvalue weighted by atomic mass is 16.7. The van der Waals surface area contributed by atoms with Crippen molar-refractivity contribution < 1.29 is 14.3 Å². The molecule has 3 aromatic rings. The Morgan fingerprint density at radius 3 is 2.82 bits per heavy atom. The predicted molar refractivity (Wildman–Crippen MR) is 126 cm³/mol. The normalized spacial score (nSPS) is 17.2. The van der Waals surface area contributed by atoms with Crippen LogP contribution in [0.3, 0.4) is 0 Å². The van der Waals surface area contributed by atoms with Gasteiger partial charge in [-0.1, -0.05) is 18.2 Å². The Hall–Kier alpha value is -3.65. The molecule has 0 radical (unpaired) electrons. The Morgan fingerprint density at radius 2 is 2.00 bits per heavy atom.